The number of benzene rings is 2. The number of fused-ring (bicyclic) bond motifs is 1. The van der Waals surface area contributed by atoms with E-state index in [0.717, 1.165) is 37.8 Å². The van der Waals surface area contributed by atoms with Crippen LogP contribution in [0.25, 0.3) is 5.69 Å². The Morgan fingerprint density at radius 1 is 0.903 bits per heavy atom. The van der Waals surface area contributed by atoms with Gasteiger partial charge in [-0.1, -0.05) is 37.5 Å². The van der Waals surface area contributed by atoms with Gasteiger partial charge in [0.15, 0.2) is 5.82 Å². The molecule has 0 radical (unpaired) electrons. The van der Waals surface area contributed by atoms with Gasteiger partial charge in [-0.05, 0) is 43.2 Å². The molecule has 0 bridgehead atoms. The lowest BCUT2D eigenvalue weighted by atomic mass is 9.94. The molecule has 156 valence electrons. The molecule has 1 aromatic heterocycles. The quantitative estimate of drug-likeness (QED) is 0.653. The van der Waals surface area contributed by atoms with Crippen LogP contribution < -0.4 is 5.32 Å². The van der Waals surface area contributed by atoms with Crippen molar-refractivity contribution in [3.63, 3.8) is 0 Å². The van der Waals surface area contributed by atoms with Crippen LogP contribution in [0.2, 0.25) is 0 Å². The van der Waals surface area contributed by atoms with E-state index >= 15 is 0 Å². The first-order chi connectivity index (χ1) is 15.1. The van der Waals surface area contributed by atoms with Gasteiger partial charge in [-0.25, -0.2) is 4.68 Å². The number of amides is 3. The van der Waals surface area contributed by atoms with Crippen LogP contribution in [0.3, 0.4) is 0 Å². The number of carbonyl (C=O) groups is 3. The van der Waals surface area contributed by atoms with Crippen LogP contribution in [-0.2, 0) is 0 Å². The zero-order valence-electron chi connectivity index (χ0n) is 17.0. The lowest BCUT2D eigenvalue weighted by Crippen LogP contribution is -2.40. The van der Waals surface area contributed by atoms with E-state index in [9.17, 15) is 14.4 Å². The standard InChI is InChI=1S/C24H22N4O3/c29-22(25-21-13-14-27(26-21)17-7-3-1-4-8-17)16-11-12-19-20(15-16)24(31)28(23(19)30)18-9-5-2-6-10-18/h1,3-4,7-8,11-15,18H,2,5-6,9-10H2,(H,25,26,29). The molecule has 1 aliphatic heterocycles. The molecule has 0 unspecified atom stereocenters. The Morgan fingerprint density at radius 2 is 1.65 bits per heavy atom. The lowest BCUT2D eigenvalue weighted by Gasteiger charge is -2.29. The van der Waals surface area contributed by atoms with Crippen molar-refractivity contribution in [1.29, 1.82) is 0 Å². The number of carbonyl (C=O) groups excluding carboxylic acids is 3. The van der Waals surface area contributed by atoms with Gasteiger partial charge in [0.2, 0.25) is 0 Å². The summed E-state index contributed by atoms with van der Waals surface area (Å²) >= 11 is 0. The highest BCUT2D eigenvalue weighted by atomic mass is 16.2. The highest BCUT2D eigenvalue weighted by Gasteiger charge is 2.40. The number of anilines is 1. The van der Waals surface area contributed by atoms with Crippen LogP contribution in [0.5, 0.6) is 0 Å². The number of nitrogens with one attached hydrogen (secondary N) is 1. The van der Waals surface area contributed by atoms with Crippen LogP contribution in [0.15, 0.2) is 60.8 Å². The Kier molecular flexibility index (Phi) is 4.86. The average molecular weight is 414 g/mol. The monoisotopic (exact) mass is 414 g/mol. The van der Waals surface area contributed by atoms with Crippen molar-refractivity contribution in [2.45, 2.75) is 38.1 Å². The first-order valence-electron chi connectivity index (χ1n) is 10.6. The molecule has 7 nitrogen and oxygen atoms in total. The average Bonchev–Trinajstić information content (AvgIpc) is 3.37. The molecule has 1 saturated carbocycles. The summed E-state index contributed by atoms with van der Waals surface area (Å²) in [6.07, 6.45) is 6.66. The predicted molar refractivity (Wildman–Crippen MR) is 115 cm³/mol. The van der Waals surface area contributed by atoms with Gasteiger partial charge in [0.05, 0.1) is 16.8 Å². The van der Waals surface area contributed by atoms with Gasteiger partial charge in [0.1, 0.15) is 0 Å². The Bertz CT molecular complexity index is 1160. The van der Waals surface area contributed by atoms with Gasteiger partial charge >= 0.3 is 0 Å². The number of aromatic nitrogens is 2. The van der Waals surface area contributed by atoms with E-state index in [1.807, 2.05) is 30.3 Å². The Morgan fingerprint density at radius 3 is 2.42 bits per heavy atom. The van der Waals surface area contributed by atoms with Gasteiger partial charge < -0.3 is 5.32 Å². The summed E-state index contributed by atoms with van der Waals surface area (Å²) in [5, 5.41) is 7.13. The van der Waals surface area contributed by atoms with Gasteiger partial charge in [-0.15, -0.1) is 0 Å². The van der Waals surface area contributed by atoms with Crippen molar-refractivity contribution < 1.29 is 14.4 Å². The van der Waals surface area contributed by atoms with Crippen molar-refractivity contribution in [3.8, 4) is 5.69 Å². The second kappa shape index (κ2) is 7.83. The van der Waals surface area contributed by atoms with E-state index in [2.05, 4.69) is 10.4 Å². The molecule has 3 aromatic rings. The van der Waals surface area contributed by atoms with Gasteiger partial charge in [-0.3, -0.25) is 19.3 Å². The molecule has 0 atom stereocenters. The third-order valence-electron chi connectivity index (χ3n) is 5.97. The number of rotatable bonds is 4. The number of hydrogen-bond acceptors (Lipinski definition) is 4. The van der Waals surface area contributed by atoms with Crippen LogP contribution in [0.4, 0.5) is 5.82 Å². The Hall–Kier alpha value is -3.74. The first kappa shape index (κ1) is 19.2. The predicted octanol–water partition coefficient (Wildman–Crippen LogP) is 4.05. The van der Waals surface area contributed by atoms with E-state index in [-0.39, 0.29) is 23.8 Å². The second-order valence-electron chi connectivity index (χ2n) is 7.97. The summed E-state index contributed by atoms with van der Waals surface area (Å²) in [5.41, 5.74) is 1.88. The van der Waals surface area contributed by atoms with E-state index < -0.39 is 0 Å². The van der Waals surface area contributed by atoms with Crippen LogP contribution in [0, 0.1) is 0 Å². The third-order valence-corrected chi connectivity index (χ3v) is 5.97. The fourth-order valence-corrected chi connectivity index (χ4v) is 4.38. The SMILES string of the molecule is O=C(Nc1ccn(-c2ccccc2)n1)c1ccc2c(c1)C(=O)N(C1CCCCC1)C2=O. The number of nitrogens with zero attached hydrogens (tertiary/aromatic N) is 3. The van der Waals surface area contributed by atoms with E-state index in [1.54, 1.807) is 29.1 Å². The van der Waals surface area contributed by atoms with Gasteiger partial charge in [0, 0.05) is 23.9 Å². The maximum Gasteiger partial charge on any atom is 0.261 e. The zero-order chi connectivity index (χ0) is 21.4. The maximum atomic E-state index is 13.0. The largest absolute Gasteiger partial charge is 0.305 e. The minimum absolute atomic E-state index is 0.0413. The zero-order valence-corrected chi connectivity index (χ0v) is 17.0. The van der Waals surface area contributed by atoms with Crippen LogP contribution in [0.1, 0.15) is 63.2 Å². The number of imide groups is 1. The molecule has 5 rings (SSSR count). The van der Waals surface area contributed by atoms with Crippen molar-refractivity contribution in [3.05, 3.63) is 77.5 Å². The first-order valence-corrected chi connectivity index (χ1v) is 10.6. The molecule has 3 amide bonds. The minimum Gasteiger partial charge on any atom is -0.305 e. The van der Waals surface area contributed by atoms with E-state index in [4.69, 9.17) is 0 Å². The van der Waals surface area contributed by atoms with Crippen molar-refractivity contribution in [2.24, 2.45) is 0 Å². The van der Waals surface area contributed by atoms with Gasteiger partial charge in [-0.2, -0.15) is 5.10 Å². The van der Waals surface area contributed by atoms with E-state index in [0.29, 0.717) is 22.5 Å². The summed E-state index contributed by atoms with van der Waals surface area (Å²) in [4.78, 5) is 39.9. The normalized spacial score (nSPS) is 16.5. The summed E-state index contributed by atoms with van der Waals surface area (Å²) in [5.74, 6) is -0.520. The number of para-hydroxylation sites is 1. The highest BCUT2D eigenvalue weighted by molar-refractivity contribution is 6.22. The molecule has 2 aromatic carbocycles. The molecule has 2 aliphatic rings. The molecule has 7 heteroatoms. The molecular formula is C24H22N4O3. The summed E-state index contributed by atoms with van der Waals surface area (Å²) in [7, 11) is 0. The molecule has 1 aliphatic carbocycles. The Balaban J connectivity index is 1.34. The van der Waals surface area contributed by atoms with Crippen molar-refractivity contribution >= 4 is 23.5 Å². The minimum atomic E-state index is -0.377. The van der Waals surface area contributed by atoms with E-state index in [1.165, 1.54) is 11.0 Å². The molecule has 1 fully saturated rings. The molecular weight excluding hydrogens is 392 g/mol. The van der Waals surface area contributed by atoms with Crippen molar-refractivity contribution in [2.75, 3.05) is 5.32 Å². The van der Waals surface area contributed by atoms with Gasteiger partial charge in [0.25, 0.3) is 17.7 Å². The molecule has 1 N–H and O–H groups in total. The molecule has 2 heterocycles. The summed E-state index contributed by atoms with van der Waals surface area (Å²) in [6.45, 7) is 0. The molecule has 0 spiro atoms. The highest BCUT2D eigenvalue weighted by Crippen LogP contribution is 2.31. The summed E-state index contributed by atoms with van der Waals surface area (Å²) < 4.78 is 1.67. The maximum absolute atomic E-state index is 13.0. The molecule has 0 saturated heterocycles. The second-order valence-corrected chi connectivity index (χ2v) is 7.97. The topological polar surface area (TPSA) is 84.3 Å². The fraction of sp³-hybridized carbons (Fsp3) is 0.250. The number of hydrogen-bond donors (Lipinski definition) is 1. The molecule has 31 heavy (non-hydrogen) atoms. The lowest BCUT2D eigenvalue weighted by molar-refractivity contribution is 0.0549. The summed E-state index contributed by atoms with van der Waals surface area (Å²) in [6, 6.07) is 15.9. The van der Waals surface area contributed by atoms with Crippen molar-refractivity contribution in [1.82, 2.24) is 14.7 Å². The van der Waals surface area contributed by atoms with Crippen LogP contribution >= 0.6 is 0 Å². The third kappa shape index (κ3) is 3.52. The smallest absolute Gasteiger partial charge is 0.261 e. The van der Waals surface area contributed by atoms with Crippen LogP contribution in [-0.4, -0.2) is 38.4 Å². The fourth-order valence-electron chi connectivity index (χ4n) is 4.38. The Labute approximate surface area is 179 Å².